The van der Waals surface area contributed by atoms with Crippen LogP contribution in [0.1, 0.15) is 0 Å². The van der Waals surface area contributed by atoms with Crippen molar-refractivity contribution in [2.75, 3.05) is 0 Å². The molecular formula is AgAuCu3. The van der Waals surface area contributed by atoms with Crippen LogP contribution in [0.4, 0.5) is 0 Å². The zero-order valence-electron chi connectivity index (χ0n) is 1.51. The predicted octanol–water partition coefficient (Wildman–Crippen LogP) is -0.0125. The van der Waals surface area contributed by atoms with Crippen molar-refractivity contribution in [3.05, 3.63) is 0 Å². The third-order valence-corrected chi connectivity index (χ3v) is 0. The van der Waals surface area contributed by atoms with E-state index in [-0.39, 0.29) is 96.0 Å². The Morgan fingerprint density at radius 2 is 0.600 bits per heavy atom. The Hall–Kier alpha value is 3.04. The van der Waals surface area contributed by atoms with E-state index in [2.05, 4.69) is 0 Å². The van der Waals surface area contributed by atoms with Crippen LogP contribution in [0.25, 0.3) is 0 Å². The van der Waals surface area contributed by atoms with Gasteiger partial charge < -0.3 is 0 Å². The fourth-order valence-corrected chi connectivity index (χ4v) is 0. The summed E-state index contributed by atoms with van der Waals surface area (Å²) in [7, 11) is 0. The topological polar surface area (TPSA) is 0 Å². The molecule has 0 rings (SSSR count). The van der Waals surface area contributed by atoms with Crippen LogP contribution in [0.15, 0.2) is 0 Å². The fraction of sp³-hybridized carbons (Fsp3) is 0. The Balaban J connectivity index is 0. The molecule has 0 saturated carbocycles. The zero-order chi connectivity index (χ0) is 0. The zero-order valence-corrected chi connectivity index (χ0v) is 7.98. The summed E-state index contributed by atoms with van der Waals surface area (Å²) in [4.78, 5) is 0. The van der Waals surface area contributed by atoms with Gasteiger partial charge in [0.15, 0.2) is 0 Å². The van der Waals surface area contributed by atoms with Gasteiger partial charge in [-0.2, -0.15) is 0 Å². The van der Waals surface area contributed by atoms with Gasteiger partial charge in [0.05, 0.1) is 0 Å². The van der Waals surface area contributed by atoms with Gasteiger partial charge in [0, 0.05) is 96.0 Å². The van der Waals surface area contributed by atoms with Crippen LogP contribution < -0.4 is 0 Å². The summed E-state index contributed by atoms with van der Waals surface area (Å²) in [6.45, 7) is 0. The van der Waals surface area contributed by atoms with Gasteiger partial charge in [0.1, 0.15) is 0 Å². The first-order chi connectivity index (χ1) is 0. The molecule has 0 unspecified atom stereocenters. The number of rotatable bonds is 0. The summed E-state index contributed by atoms with van der Waals surface area (Å²) >= 11 is 0. The fourth-order valence-electron chi connectivity index (χ4n) is 0. The van der Waals surface area contributed by atoms with Crippen LogP contribution in [-0.2, 0) is 96.0 Å². The quantitative estimate of drug-likeness (QED) is 0.415. The minimum atomic E-state index is 0. The van der Waals surface area contributed by atoms with Crippen LogP contribution in [-0.4, -0.2) is 0 Å². The molecule has 0 bridgehead atoms. The van der Waals surface area contributed by atoms with E-state index < -0.39 is 0 Å². The molecule has 5 heavy (non-hydrogen) atoms. The second kappa shape index (κ2) is 27.8. The molecule has 0 nitrogen and oxygen atoms in total. The van der Waals surface area contributed by atoms with Crippen LogP contribution in [0, 0.1) is 0 Å². The summed E-state index contributed by atoms with van der Waals surface area (Å²) in [5, 5.41) is 0. The molecular weight excluding hydrogens is 495 g/mol. The molecule has 0 aliphatic rings. The monoisotopic (exact) mass is 493 g/mol. The van der Waals surface area contributed by atoms with Crippen molar-refractivity contribution >= 4 is 0 Å². The van der Waals surface area contributed by atoms with Gasteiger partial charge in [0.2, 0.25) is 0 Å². The Labute approximate surface area is 94.4 Å². The van der Waals surface area contributed by atoms with E-state index in [1.807, 2.05) is 0 Å². The maximum atomic E-state index is 0. The van der Waals surface area contributed by atoms with Crippen molar-refractivity contribution in [1.82, 2.24) is 0 Å². The van der Waals surface area contributed by atoms with Crippen molar-refractivity contribution < 1.29 is 96.0 Å². The molecule has 0 atom stereocenters. The molecule has 0 heterocycles. The third kappa shape index (κ3) is 19.4. The maximum Gasteiger partial charge on any atom is 0 e. The predicted molar refractivity (Wildman–Crippen MR) is 0 cm³/mol. The van der Waals surface area contributed by atoms with Crippen LogP contribution in [0.2, 0.25) is 0 Å². The van der Waals surface area contributed by atoms with Gasteiger partial charge in [0.25, 0.3) is 0 Å². The van der Waals surface area contributed by atoms with Crippen molar-refractivity contribution in [2.45, 2.75) is 0 Å². The minimum Gasteiger partial charge on any atom is 0 e. The standard InChI is InChI=1S/Ag.Au.3Cu. The van der Waals surface area contributed by atoms with Gasteiger partial charge in [-0.05, 0) is 0 Å². The summed E-state index contributed by atoms with van der Waals surface area (Å²) in [6.07, 6.45) is 0. The van der Waals surface area contributed by atoms with Crippen LogP contribution in [0.5, 0.6) is 0 Å². The van der Waals surface area contributed by atoms with E-state index >= 15 is 0 Å². The van der Waals surface area contributed by atoms with E-state index in [0.717, 1.165) is 0 Å². The van der Waals surface area contributed by atoms with Gasteiger partial charge >= 0.3 is 0 Å². The molecule has 55 valence electrons. The number of hydrogen-bond acceptors (Lipinski definition) is 0. The normalized spacial score (nSPS) is 0. The average molecular weight is 495 g/mol. The molecule has 0 aliphatic carbocycles. The summed E-state index contributed by atoms with van der Waals surface area (Å²) < 4.78 is 0. The SMILES string of the molecule is [Ag].[Au].[Cu].[Cu].[Cu]. The first-order valence-electron chi connectivity index (χ1n) is 0. The van der Waals surface area contributed by atoms with E-state index in [1.165, 1.54) is 0 Å². The Morgan fingerprint density at radius 3 is 0.600 bits per heavy atom. The molecule has 5 radical (unpaired) electrons. The van der Waals surface area contributed by atoms with Gasteiger partial charge in [-0.25, -0.2) is 0 Å². The minimum absolute atomic E-state index is 0. The Bertz CT molecular complexity index is 6.85. The molecule has 0 aromatic carbocycles. The Morgan fingerprint density at radius 1 is 0.600 bits per heavy atom. The second-order valence-electron chi connectivity index (χ2n) is 0. The summed E-state index contributed by atoms with van der Waals surface area (Å²) in [6, 6.07) is 0. The van der Waals surface area contributed by atoms with E-state index in [9.17, 15) is 0 Å². The molecule has 0 N–H and O–H groups in total. The molecule has 0 saturated heterocycles. The molecule has 0 spiro atoms. The van der Waals surface area contributed by atoms with Gasteiger partial charge in [-0.1, -0.05) is 0 Å². The van der Waals surface area contributed by atoms with Crippen molar-refractivity contribution in [1.29, 1.82) is 0 Å². The second-order valence-corrected chi connectivity index (χ2v) is 0. The molecule has 0 aliphatic heterocycles. The number of hydrogen-bond donors (Lipinski definition) is 0. The van der Waals surface area contributed by atoms with Gasteiger partial charge in [-0.3, -0.25) is 0 Å². The largest absolute Gasteiger partial charge is 0 e. The molecule has 0 amide bonds. The van der Waals surface area contributed by atoms with Gasteiger partial charge in [-0.15, -0.1) is 0 Å². The van der Waals surface area contributed by atoms with Crippen molar-refractivity contribution in [3.63, 3.8) is 0 Å². The molecule has 5 heteroatoms. The van der Waals surface area contributed by atoms with E-state index in [4.69, 9.17) is 0 Å². The first kappa shape index (κ1) is 43.1. The molecule has 0 aromatic heterocycles. The molecule has 0 fully saturated rings. The van der Waals surface area contributed by atoms with Crippen molar-refractivity contribution in [3.8, 4) is 0 Å². The average Bonchev–Trinajstić information content (AvgIpc) is 0. The first-order valence-corrected chi connectivity index (χ1v) is 0. The maximum absolute atomic E-state index is 0. The third-order valence-electron chi connectivity index (χ3n) is 0. The summed E-state index contributed by atoms with van der Waals surface area (Å²) in [5.41, 5.74) is 0. The van der Waals surface area contributed by atoms with Crippen molar-refractivity contribution in [2.24, 2.45) is 0 Å². The summed E-state index contributed by atoms with van der Waals surface area (Å²) in [5.74, 6) is 0. The van der Waals surface area contributed by atoms with Crippen LogP contribution >= 0.6 is 0 Å². The Kier molecular flexibility index (Phi) is 240. The van der Waals surface area contributed by atoms with E-state index in [1.54, 1.807) is 0 Å². The smallest absolute Gasteiger partial charge is 0 e. The van der Waals surface area contributed by atoms with E-state index in [0.29, 0.717) is 0 Å². The van der Waals surface area contributed by atoms with Crippen LogP contribution in [0.3, 0.4) is 0 Å². The molecule has 0 aromatic rings.